The maximum atomic E-state index is 3.99. The summed E-state index contributed by atoms with van der Waals surface area (Å²) in [4.78, 5) is 0. The maximum absolute atomic E-state index is 3.99. The molecule has 0 atom stereocenters. The van der Waals surface area contributed by atoms with Crippen LogP contribution < -0.4 is 0 Å². The molecule has 0 fully saturated rings. The minimum absolute atomic E-state index is 1.18. The van der Waals surface area contributed by atoms with Crippen molar-refractivity contribution in [3.63, 3.8) is 0 Å². The fourth-order valence-electron chi connectivity index (χ4n) is 2.17. The molecule has 0 aromatic heterocycles. The van der Waals surface area contributed by atoms with E-state index >= 15 is 0 Å². The van der Waals surface area contributed by atoms with Crippen molar-refractivity contribution in [3.8, 4) is 0 Å². The topological polar surface area (TPSA) is 0 Å². The van der Waals surface area contributed by atoms with E-state index in [4.69, 9.17) is 0 Å². The molecule has 2 rings (SSSR count). The Morgan fingerprint density at radius 3 is 2.77 bits per heavy atom. The van der Waals surface area contributed by atoms with Gasteiger partial charge in [0.1, 0.15) is 0 Å². The summed E-state index contributed by atoms with van der Waals surface area (Å²) in [5.41, 5.74) is 7.09. The minimum Gasteiger partial charge on any atom is -0.0955 e. The highest BCUT2D eigenvalue weighted by atomic mass is 14.2. The molecule has 68 valence electrons. The molecule has 0 unspecified atom stereocenters. The molecule has 0 amide bonds. The molecule has 13 heavy (non-hydrogen) atoms. The van der Waals surface area contributed by atoms with Crippen LogP contribution in [0.15, 0.2) is 18.7 Å². The summed E-state index contributed by atoms with van der Waals surface area (Å²) in [6.07, 6.45) is 3.87. The second kappa shape index (κ2) is 3.02. The number of benzene rings is 1. The van der Waals surface area contributed by atoms with E-state index in [-0.39, 0.29) is 0 Å². The molecule has 0 heterocycles. The Labute approximate surface area is 80.3 Å². The zero-order valence-corrected chi connectivity index (χ0v) is 8.48. The molecule has 0 bridgehead atoms. The molecular formula is C13H16. The van der Waals surface area contributed by atoms with Crippen molar-refractivity contribution in [3.05, 3.63) is 41.0 Å². The largest absolute Gasteiger partial charge is 0.0955 e. The summed E-state index contributed by atoms with van der Waals surface area (Å²) in [5.74, 6) is 0. The lowest BCUT2D eigenvalue weighted by atomic mass is 9.98. The summed E-state index contributed by atoms with van der Waals surface area (Å²) in [7, 11) is 0. The number of allylic oxidation sites excluding steroid dienone is 1. The van der Waals surface area contributed by atoms with Gasteiger partial charge in [0.25, 0.3) is 0 Å². The van der Waals surface area contributed by atoms with Gasteiger partial charge < -0.3 is 0 Å². The van der Waals surface area contributed by atoms with E-state index in [0.29, 0.717) is 0 Å². The zero-order chi connectivity index (χ0) is 9.42. The minimum atomic E-state index is 1.18. The Kier molecular flexibility index (Phi) is 1.99. The van der Waals surface area contributed by atoms with E-state index in [1.54, 1.807) is 11.1 Å². The highest BCUT2D eigenvalue weighted by Gasteiger charge is 2.13. The van der Waals surface area contributed by atoms with Gasteiger partial charge in [-0.05, 0) is 55.4 Å². The number of aryl methyl sites for hydroxylation is 2. The number of rotatable bonds is 1. The Hall–Kier alpha value is -1.04. The van der Waals surface area contributed by atoms with Gasteiger partial charge in [-0.1, -0.05) is 24.3 Å². The van der Waals surface area contributed by atoms with E-state index in [1.165, 1.54) is 36.0 Å². The van der Waals surface area contributed by atoms with Crippen molar-refractivity contribution in [1.82, 2.24) is 0 Å². The lowest BCUT2D eigenvalue weighted by molar-refractivity contribution is 0.909. The molecule has 1 aliphatic carbocycles. The summed E-state index contributed by atoms with van der Waals surface area (Å²) in [5, 5.41) is 0. The Morgan fingerprint density at radius 1 is 1.31 bits per heavy atom. The molecule has 0 spiro atoms. The zero-order valence-electron chi connectivity index (χ0n) is 8.48. The summed E-state index contributed by atoms with van der Waals surface area (Å²) < 4.78 is 0. The molecule has 0 saturated heterocycles. The van der Waals surface area contributed by atoms with Gasteiger partial charge in [-0.15, -0.1) is 0 Å². The third-order valence-corrected chi connectivity index (χ3v) is 2.93. The third kappa shape index (κ3) is 1.41. The predicted molar refractivity (Wildman–Crippen MR) is 57.9 cm³/mol. The fraction of sp³-hybridized carbons (Fsp3) is 0.385. The lowest BCUT2D eigenvalue weighted by Gasteiger charge is -2.08. The van der Waals surface area contributed by atoms with Crippen LogP contribution in [0.4, 0.5) is 0 Å². The molecule has 1 aliphatic rings. The normalized spacial score (nSPS) is 14.3. The van der Waals surface area contributed by atoms with Crippen LogP contribution in [0.1, 0.15) is 35.6 Å². The molecule has 0 aliphatic heterocycles. The maximum Gasteiger partial charge on any atom is -0.0228 e. The quantitative estimate of drug-likeness (QED) is 0.608. The van der Waals surface area contributed by atoms with Gasteiger partial charge in [0.15, 0.2) is 0 Å². The van der Waals surface area contributed by atoms with Crippen molar-refractivity contribution in [2.75, 3.05) is 0 Å². The first-order chi connectivity index (χ1) is 6.18. The SMILES string of the molecule is C=C(C)c1cc(C)c2c(c1)CCC2. The summed E-state index contributed by atoms with van der Waals surface area (Å²) in [6, 6.07) is 4.59. The van der Waals surface area contributed by atoms with Crippen LogP contribution in [0.5, 0.6) is 0 Å². The molecule has 1 aromatic carbocycles. The second-order valence-electron chi connectivity index (χ2n) is 4.06. The molecule has 0 nitrogen and oxygen atoms in total. The van der Waals surface area contributed by atoms with Crippen LogP contribution in [-0.2, 0) is 12.8 Å². The van der Waals surface area contributed by atoms with Gasteiger partial charge in [0, 0.05) is 0 Å². The molecule has 0 saturated carbocycles. The Morgan fingerprint density at radius 2 is 2.08 bits per heavy atom. The standard InChI is InChI=1S/C13H16/c1-9(2)12-7-10(3)13-6-4-5-11(13)8-12/h7-8H,1,4-6H2,2-3H3. The fourth-order valence-corrected chi connectivity index (χ4v) is 2.17. The van der Waals surface area contributed by atoms with Crippen molar-refractivity contribution in [1.29, 1.82) is 0 Å². The number of fused-ring (bicyclic) bond motifs is 1. The molecule has 1 aromatic rings. The van der Waals surface area contributed by atoms with E-state index < -0.39 is 0 Å². The molecular weight excluding hydrogens is 156 g/mol. The van der Waals surface area contributed by atoms with Crippen LogP contribution in [0, 0.1) is 6.92 Å². The van der Waals surface area contributed by atoms with Gasteiger partial charge in [0.2, 0.25) is 0 Å². The second-order valence-corrected chi connectivity index (χ2v) is 4.06. The van der Waals surface area contributed by atoms with E-state index in [1.807, 2.05) is 0 Å². The third-order valence-electron chi connectivity index (χ3n) is 2.93. The van der Waals surface area contributed by atoms with Crippen molar-refractivity contribution in [2.45, 2.75) is 33.1 Å². The number of hydrogen-bond acceptors (Lipinski definition) is 0. The van der Waals surface area contributed by atoms with Gasteiger partial charge in [-0.3, -0.25) is 0 Å². The highest BCUT2D eigenvalue weighted by Crippen LogP contribution is 2.28. The highest BCUT2D eigenvalue weighted by molar-refractivity contribution is 5.64. The average molecular weight is 172 g/mol. The average Bonchev–Trinajstić information content (AvgIpc) is 2.51. The van der Waals surface area contributed by atoms with Crippen LogP contribution in [0.3, 0.4) is 0 Å². The predicted octanol–water partition coefficient (Wildman–Crippen LogP) is 3.52. The molecule has 0 heteroatoms. The summed E-state index contributed by atoms with van der Waals surface area (Å²) in [6.45, 7) is 8.29. The summed E-state index contributed by atoms with van der Waals surface area (Å²) >= 11 is 0. The lowest BCUT2D eigenvalue weighted by Crippen LogP contribution is -1.90. The monoisotopic (exact) mass is 172 g/mol. The molecule has 0 N–H and O–H groups in total. The molecule has 0 radical (unpaired) electrons. The van der Waals surface area contributed by atoms with Crippen LogP contribution in [0.2, 0.25) is 0 Å². The van der Waals surface area contributed by atoms with E-state index in [9.17, 15) is 0 Å². The van der Waals surface area contributed by atoms with E-state index in [2.05, 4.69) is 32.6 Å². The van der Waals surface area contributed by atoms with Crippen LogP contribution >= 0.6 is 0 Å². The number of hydrogen-bond donors (Lipinski definition) is 0. The van der Waals surface area contributed by atoms with Crippen LogP contribution in [0.25, 0.3) is 5.57 Å². The first-order valence-corrected chi connectivity index (χ1v) is 4.97. The van der Waals surface area contributed by atoms with Gasteiger partial charge in [0.05, 0.1) is 0 Å². The van der Waals surface area contributed by atoms with Gasteiger partial charge >= 0.3 is 0 Å². The first-order valence-electron chi connectivity index (χ1n) is 4.97. The Bertz CT molecular complexity index is 359. The van der Waals surface area contributed by atoms with E-state index in [0.717, 1.165) is 0 Å². The van der Waals surface area contributed by atoms with Crippen molar-refractivity contribution in [2.24, 2.45) is 0 Å². The van der Waals surface area contributed by atoms with Crippen molar-refractivity contribution >= 4 is 5.57 Å². The van der Waals surface area contributed by atoms with Crippen molar-refractivity contribution < 1.29 is 0 Å². The van der Waals surface area contributed by atoms with Gasteiger partial charge in [-0.25, -0.2) is 0 Å². The van der Waals surface area contributed by atoms with Crippen LogP contribution in [-0.4, -0.2) is 0 Å². The first kappa shape index (κ1) is 8.55. The smallest absolute Gasteiger partial charge is 0.0228 e. The Balaban J connectivity index is 2.55. The van der Waals surface area contributed by atoms with Gasteiger partial charge in [-0.2, -0.15) is 0 Å².